The molecule has 3 aromatic rings. The zero-order valence-electron chi connectivity index (χ0n) is 16.2. The quantitative estimate of drug-likeness (QED) is 0.720. The van der Waals surface area contributed by atoms with Gasteiger partial charge in [-0.3, -0.25) is 9.48 Å². The van der Waals surface area contributed by atoms with E-state index in [1.54, 1.807) is 0 Å². The molecule has 1 fully saturated rings. The molecular formula is C23H26N4O. The van der Waals surface area contributed by atoms with Gasteiger partial charge in [0.25, 0.3) is 5.91 Å². The Balaban J connectivity index is 1.63. The van der Waals surface area contributed by atoms with Crippen LogP contribution in [0.4, 0.5) is 0 Å². The van der Waals surface area contributed by atoms with Gasteiger partial charge in [0, 0.05) is 24.3 Å². The van der Waals surface area contributed by atoms with E-state index in [0.29, 0.717) is 12.1 Å². The Morgan fingerprint density at radius 2 is 1.96 bits per heavy atom. The molecule has 0 spiro atoms. The van der Waals surface area contributed by atoms with E-state index in [0.717, 1.165) is 42.8 Å². The van der Waals surface area contributed by atoms with Crippen LogP contribution in [-0.4, -0.2) is 34.8 Å². The minimum absolute atomic E-state index is 0.0522. The number of nitrogens with zero attached hydrogens (tertiary/aromatic N) is 2. The Morgan fingerprint density at radius 3 is 2.68 bits per heavy atom. The normalized spacial score (nSPS) is 16.7. The van der Waals surface area contributed by atoms with Crippen LogP contribution in [0.15, 0.2) is 60.8 Å². The second-order valence-corrected chi connectivity index (χ2v) is 7.46. The molecule has 5 heteroatoms. The van der Waals surface area contributed by atoms with Crippen LogP contribution in [-0.2, 0) is 6.54 Å². The Kier molecular flexibility index (Phi) is 5.53. The van der Waals surface area contributed by atoms with Crippen LogP contribution in [0.25, 0.3) is 11.3 Å². The maximum Gasteiger partial charge on any atom is 0.255 e. The van der Waals surface area contributed by atoms with E-state index >= 15 is 0 Å². The summed E-state index contributed by atoms with van der Waals surface area (Å²) in [5.41, 5.74) is 4.67. The molecule has 2 N–H and O–H groups in total. The lowest BCUT2D eigenvalue weighted by atomic mass is 10.0. The van der Waals surface area contributed by atoms with E-state index in [1.807, 2.05) is 41.2 Å². The van der Waals surface area contributed by atoms with Gasteiger partial charge in [-0.15, -0.1) is 0 Å². The second-order valence-electron chi connectivity index (χ2n) is 7.46. The molecule has 0 unspecified atom stereocenters. The number of amides is 1. The Bertz CT molecular complexity index is 925. The number of hydrogen-bond donors (Lipinski definition) is 2. The summed E-state index contributed by atoms with van der Waals surface area (Å²) < 4.78 is 1.86. The first-order chi connectivity index (χ1) is 13.7. The minimum atomic E-state index is -0.0522. The summed E-state index contributed by atoms with van der Waals surface area (Å²) in [6, 6.07) is 18.5. The number of nitrogens with one attached hydrogen (secondary N) is 2. The topological polar surface area (TPSA) is 59.0 Å². The van der Waals surface area contributed by atoms with Gasteiger partial charge in [0.1, 0.15) is 5.69 Å². The van der Waals surface area contributed by atoms with Crippen molar-refractivity contribution in [3.8, 4) is 11.3 Å². The summed E-state index contributed by atoms with van der Waals surface area (Å²) in [6.07, 6.45) is 3.97. The van der Waals surface area contributed by atoms with Crippen LogP contribution in [0.3, 0.4) is 0 Å². The van der Waals surface area contributed by atoms with E-state index in [-0.39, 0.29) is 11.9 Å². The standard InChI is InChI=1S/C23H26N4O/c1-17-9-11-19(12-10-17)22-21(23(28)25-20-8-5-13-24-14-20)16-27(26-22)15-18-6-3-2-4-7-18/h2-4,6-7,9-12,16,20,24H,5,8,13-15H2,1H3,(H,25,28)/t20-/m0/s1. The number of benzene rings is 2. The van der Waals surface area contributed by atoms with Gasteiger partial charge in [-0.1, -0.05) is 60.2 Å². The third-order valence-electron chi connectivity index (χ3n) is 5.15. The third kappa shape index (κ3) is 4.31. The van der Waals surface area contributed by atoms with Crippen molar-refractivity contribution in [2.24, 2.45) is 0 Å². The fraction of sp³-hybridized carbons (Fsp3) is 0.304. The predicted molar refractivity (Wildman–Crippen MR) is 111 cm³/mol. The van der Waals surface area contributed by atoms with Gasteiger partial charge in [0.15, 0.2) is 0 Å². The predicted octanol–water partition coefficient (Wildman–Crippen LogP) is 3.39. The van der Waals surface area contributed by atoms with Crippen LogP contribution in [0.2, 0.25) is 0 Å². The molecule has 1 aromatic heterocycles. The molecule has 2 heterocycles. The second kappa shape index (κ2) is 8.40. The van der Waals surface area contributed by atoms with Crippen LogP contribution < -0.4 is 10.6 Å². The number of aryl methyl sites for hydroxylation is 1. The van der Waals surface area contributed by atoms with Crippen molar-refractivity contribution in [2.75, 3.05) is 13.1 Å². The average Bonchev–Trinajstić information content (AvgIpc) is 3.14. The van der Waals surface area contributed by atoms with Crippen molar-refractivity contribution in [1.29, 1.82) is 0 Å². The highest BCUT2D eigenvalue weighted by Crippen LogP contribution is 2.23. The number of hydrogen-bond acceptors (Lipinski definition) is 3. The molecule has 28 heavy (non-hydrogen) atoms. The zero-order chi connectivity index (χ0) is 19.3. The smallest absolute Gasteiger partial charge is 0.255 e. The summed E-state index contributed by atoms with van der Waals surface area (Å²) in [7, 11) is 0. The van der Waals surface area contributed by atoms with Crippen LogP contribution in [0.1, 0.15) is 34.3 Å². The van der Waals surface area contributed by atoms with Gasteiger partial charge in [0.2, 0.25) is 0 Å². The van der Waals surface area contributed by atoms with Gasteiger partial charge in [-0.25, -0.2) is 0 Å². The maximum absolute atomic E-state index is 13.0. The SMILES string of the molecule is Cc1ccc(-c2nn(Cc3ccccc3)cc2C(=O)N[C@H]2CCCNC2)cc1. The molecule has 144 valence electrons. The zero-order valence-corrected chi connectivity index (χ0v) is 16.2. The van der Waals surface area contributed by atoms with Crippen molar-refractivity contribution in [3.05, 3.63) is 77.5 Å². The Labute approximate surface area is 165 Å². The molecule has 1 amide bonds. The van der Waals surface area contributed by atoms with Crippen molar-refractivity contribution >= 4 is 5.91 Å². The average molecular weight is 374 g/mol. The first-order valence-corrected chi connectivity index (χ1v) is 9.89. The molecular weight excluding hydrogens is 348 g/mol. The van der Waals surface area contributed by atoms with Gasteiger partial charge in [-0.05, 0) is 31.9 Å². The molecule has 0 saturated carbocycles. The molecule has 0 radical (unpaired) electrons. The Hall–Kier alpha value is -2.92. The summed E-state index contributed by atoms with van der Waals surface area (Å²) in [5, 5.41) is 11.3. The van der Waals surface area contributed by atoms with Crippen LogP contribution >= 0.6 is 0 Å². The van der Waals surface area contributed by atoms with Crippen molar-refractivity contribution in [3.63, 3.8) is 0 Å². The lowest BCUT2D eigenvalue weighted by Gasteiger charge is -2.23. The van der Waals surface area contributed by atoms with Crippen molar-refractivity contribution in [1.82, 2.24) is 20.4 Å². The number of carbonyl (C=O) groups excluding carboxylic acids is 1. The summed E-state index contributed by atoms with van der Waals surface area (Å²) in [5.74, 6) is -0.0522. The molecule has 4 rings (SSSR count). The Morgan fingerprint density at radius 1 is 1.18 bits per heavy atom. The minimum Gasteiger partial charge on any atom is -0.348 e. The first kappa shape index (κ1) is 18.4. The van der Waals surface area contributed by atoms with Crippen molar-refractivity contribution in [2.45, 2.75) is 32.4 Å². The lowest BCUT2D eigenvalue weighted by molar-refractivity contribution is 0.0931. The highest BCUT2D eigenvalue weighted by atomic mass is 16.1. The van der Waals surface area contributed by atoms with Gasteiger partial charge < -0.3 is 10.6 Å². The van der Waals surface area contributed by atoms with Crippen LogP contribution in [0.5, 0.6) is 0 Å². The van der Waals surface area contributed by atoms with E-state index < -0.39 is 0 Å². The fourth-order valence-electron chi connectivity index (χ4n) is 3.60. The van der Waals surface area contributed by atoms with E-state index in [1.165, 1.54) is 5.56 Å². The lowest BCUT2D eigenvalue weighted by Crippen LogP contribution is -2.45. The van der Waals surface area contributed by atoms with Crippen LogP contribution in [0, 0.1) is 6.92 Å². The highest BCUT2D eigenvalue weighted by molar-refractivity contribution is 6.00. The molecule has 1 atom stereocenters. The van der Waals surface area contributed by atoms with Gasteiger partial charge in [-0.2, -0.15) is 5.10 Å². The first-order valence-electron chi connectivity index (χ1n) is 9.89. The van der Waals surface area contributed by atoms with Gasteiger partial charge >= 0.3 is 0 Å². The van der Waals surface area contributed by atoms with E-state index in [9.17, 15) is 4.79 Å². The molecule has 0 bridgehead atoms. The van der Waals surface area contributed by atoms with Crippen molar-refractivity contribution < 1.29 is 4.79 Å². The number of aromatic nitrogens is 2. The number of carbonyl (C=O) groups is 1. The summed E-state index contributed by atoms with van der Waals surface area (Å²) in [6.45, 7) is 4.54. The maximum atomic E-state index is 13.0. The summed E-state index contributed by atoms with van der Waals surface area (Å²) >= 11 is 0. The highest BCUT2D eigenvalue weighted by Gasteiger charge is 2.22. The van der Waals surface area contributed by atoms with E-state index in [2.05, 4.69) is 41.8 Å². The number of rotatable bonds is 5. The summed E-state index contributed by atoms with van der Waals surface area (Å²) in [4.78, 5) is 13.0. The largest absolute Gasteiger partial charge is 0.348 e. The van der Waals surface area contributed by atoms with Gasteiger partial charge in [0.05, 0.1) is 12.1 Å². The fourth-order valence-corrected chi connectivity index (χ4v) is 3.60. The molecule has 1 aliphatic rings. The monoisotopic (exact) mass is 374 g/mol. The molecule has 1 aliphatic heterocycles. The molecule has 0 aliphatic carbocycles. The van der Waals surface area contributed by atoms with E-state index in [4.69, 9.17) is 5.10 Å². The molecule has 5 nitrogen and oxygen atoms in total. The number of piperidine rings is 1. The third-order valence-corrected chi connectivity index (χ3v) is 5.15. The molecule has 2 aromatic carbocycles. The molecule has 1 saturated heterocycles.